The maximum Gasteiger partial charge on any atom is 0.338 e. The highest BCUT2D eigenvalue weighted by Crippen LogP contribution is 2.42. The number of rotatable bonds is 3. The number of carbonyl (C=O) groups is 1. The molecule has 1 aliphatic heterocycles. The summed E-state index contributed by atoms with van der Waals surface area (Å²) >= 11 is 1.60. The number of halogens is 1. The summed E-state index contributed by atoms with van der Waals surface area (Å²) in [5.74, 6) is 2.11. The van der Waals surface area contributed by atoms with Gasteiger partial charge in [0.1, 0.15) is 17.7 Å². The number of hydrogen-bond donors (Lipinski definition) is 1. The molecular weight excluding hydrogens is 359 g/mol. The van der Waals surface area contributed by atoms with Gasteiger partial charge in [-0.05, 0) is 32.1 Å². The summed E-state index contributed by atoms with van der Waals surface area (Å²) in [6.07, 6.45) is 5.20. The van der Waals surface area contributed by atoms with Crippen LogP contribution in [0.1, 0.15) is 39.0 Å². The van der Waals surface area contributed by atoms with Gasteiger partial charge in [-0.1, -0.05) is 12.8 Å². The molecule has 0 bridgehead atoms. The largest absolute Gasteiger partial charge is 0.393 e. The Hall–Kier alpha value is -0.590. The van der Waals surface area contributed by atoms with Gasteiger partial charge >= 0.3 is 5.97 Å². The lowest BCUT2D eigenvalue weighted by molar-refractivity contribution is -0.136. The molecule has 0 radical (unpaired) electrons. The Bertz CT molecular complexity index is 407. The van der Waals surface area contributed by atoms with Crippen molar-refractivity contribution in [1.82, 2.24) is 4.90 Å². The monoisotopic (exact) mass is 378 g/mol. The first-order valence-corrected chi connectivity index (χ1v) is 7.59. The lowest BCUT2D eigenvalue weighted by Gasteiger charge is -2.35. The molecule has 5 nitrogen and oxygen atoms in total. The zero-order chi connectivity index (χ0) is 14.0. The molecular formula is C13H19IN2O3. The van der Waals surface area contributed by atoms with Crippen molar-refractivity contribution in [3.63, 3.8) is 0 Å². The molecule has 2 N–H and O–H groups in total. The first-order chi connectivity index (χ1) is 9.10. The van der Waals surface area contributed by atoms with Crippen LogP contribution in [0.5, 0.6) is 0 Å². The number of nitrogens with zero attached hydrogens (tertiary/aromatic N) is 1. The second-order valence-corrected chi connectivity index (χ2v) is 5.88. The minimum absolute atomic E-state index is 0.233. The van der Waals surface area contributed by atoms with Gasteiger partial charge in [0.25, 0.3) is 0 Å². The van der Waals surface area contributed by atoms with Crippen LogP contribution in [0.25, 0.3) is 0 Å². The number of nitrogens with two attached hydrogens (primary N) is 1. The first kappa shape index (κ1) is 14.8. The van der Waals surface area contributed by atoms with Gasteiger partial charge in [-0.25, -0.2) is 9.59 Å². The fraction of sp³-hybridized carbons (Fsp3) is 0.769. The second-order valence-electron chi connectivity index (χ2n) is 5.44. The topological polar surface area (TPSA) is 72.6 Å². The van der Waals surface area contributed by atoms with Crippen LogP contribution in [0.4, 0.5) is 0 Å². The Morgan fingerprint density at radius 2 is 2.16 bits per heavy atom. The molecule has 106 valence electrons. The highest BCUT2D eigenvalue weighted by molar-refractivity contribution is 14.1. The Morgan fingerprint density at radius 1 is 1.47 bits per heavy atom. The van der Waals surface area contributed by atoms with Crippen LogP contribution in [0.15, 0.2) is 5.70 Å². The van der Waals surface area contributed by atoms with Crippen molar-refractivity contribution >= 4 is 34.9 Å². The van der Waals surface area contributed by atoms with Gasteiger partial charge in [-0.3, -0.25) is 0 Å². The molecule has 0 amide bonds. The molecule has 3 unspecified atom stereocenters. The Morgan fingerprint density at radius 3 is 2.74 bits per heavy atom. The van der Waals surface area contributed by atoms with E-state index >= 15 is 0 Å². The van der Waals surface area contributed by atoms with Crippen LogP contribution in [-0.2, 0) is 12.7 Å². The molecule has 0 spiro atoms. The minimum atomic E-state index is -0.414. The van der Waals surface area contributed by atoms with Gasteiger partial charge in [0, 0.05) is 6.04 Å². The van der Waals surface area contributed by atoms with Crippen molar-refractivity contribution in [2.75, 3.05) is 0 Å². The van der Waals surface area contributed by atoms with Gasteiger partial charge in [0.05, 0.1) is 6.04 Å². The lowest BCUT2D eigenvalue weighted by atomic mass is 9.84. The van der Waals surface area contributed by atoms with Crippen molar-refractivity contribution in [2.24, 2.45) is 11.7 Å². The maximum absolute atomic E-state index is 12.0. The normalized spacial score (nSPS) is 31.3. The number of fused-ring (bicyclic) bond motifs is 1. The van der Waals surface area contributed by atoms with Crippen molar-refractivity contribution in [2.45, 2.75) is 57.2 Å². The van der Waals surface area contributed by atoms with E-state index in [1.807, 2.05) is 10.8 Å². The van der Waals surface area contributed by atoms with Crippen molar-refractivity contribution in [1.29, 1.82) is 0 Å². The van der Waals surface area contributed by atoms with Crippen LogP contribution >= 0.6 is 23.0 Å². The molecule has 1 saturated carbocycles. The van der Waals surface area contributed by atoms with Crippen molar-refractivity contribution in [3.8, 4) is 0 Å². The van der Waals surface area contributed by atoms with Gasteiger partial charge in [-0.15, -0.1) is 0 Å². The molecule has 4 atom stereocenters. The average Bonchev–Trinajstić information content (AvgIpc) is 2.78. The summed E-state index contributed by atoms with van der Waals surface area (Å²) in [5.41, 5.74) is 6.26. The Kier molecular flexibility index (Phi) is 4.86. The quantitative estimate of drug-likeness (QED) is 0.596. The van der Waals surface area contributed by atoms with Crippen LogP contribution < -0.4 is 5.73 Å². The maximum atomic E-state index is 12.0. The number of carbonyl (C=O) groups excluding carboxylic acids is 2. The summed E-state index contributed by atoms with van der Waals surface area (Å²) in [6.45, 7) is 1.75. The molecule has 2 fully saturated rings. The molecule has 2 rings (SSSR count). The third kappa shape index (κ3) is 2.80. The number of hydrogen-bond acceptors (Lipinski definition) is 5. The predicted octanol–water partition coefficient (Wildman–Crippen LogP) is 1.58. The van der Waals surface area contributed by atoms with Gasteiger partial charge in [0.2, 0.25) is 0 Å². The standard InChI is InChI=1S/C13H19IN2O3/c1-8(15)12(7-17)16-10-5-3-2-4-9(10)6-11(16)13(18)19-14/h8-11H,2-6,15H2,1H3/t8?,9?,10?,11-/m1/s1. The number of likely N-dealkylation sites (tertiary alicyclic amines) is 1. The van der Waals surface area contributed by atoms with Crippen molar-refractivity contribution in [3.05, 3.63) is 5.70 Å². The molecule has 6 heteroatoms. The minimum Gasteiger partial charge on any atom is -0.393 e. The summed E-state index contributed by atoms with van der Waals surface area (Å²) in [4.78, 5) is 25.1. The lowest BCUT2D eigenvalue weighted by Crippen LogP contribution is -2.46. The molecule has 0 aromatic carbocycles. The summed E-state index contributed by atoms with van der Waals surface area (Å²) in [7, 11) is 0. The Labute approximate surface area is 127 Å². The summed E-state index contributed by atoms with van der Waals surface area (Å²) in [5, 5.41) is 0. The Balaban J connectivity index is 2.32. The fourth-order valence-electron chi connectivity index (χ4n) is 3.45. The predicted molar refractivity (Wildman–Crippen MR) is 79.0 cm³/mol. The molecule has 2 aliphatic rings. The van der Waals surface area contributed by atoms with Gasteiger partial charge < -0.3 is 13.7 Å². The van der Waals surface area contributed by atoms with E-state index in [-0.39, 0.29) is 18.1 Å². The van der Waals surface area contributed by atoms with E-state index in [0.717, 1.165) is 25.7 Å². The van der Waals surface area contributed by atoms with Crippen LogP contribution in [0.3, 0.4) is 0 Å². The van der Waals surface area contributed by atoms with E-state index in [1.165, 1.54) is 6.42 Å². The van der Waals surface area contributed by atoms with Gasteiger partial charge in [0.15, 0.2) is 23.0 Å². The first-order valence-electron chi connectivity index (χ1n) is 6.71. The van der Waals surface area contributed by atoms with Crippen LogP contribution in [0.2, 0.25) is 0 Å². The smallest absolute Gasteiger partial charge is 0.338 e. The highest BCUT2D eigenvalue weighted by atomic mass is 127. The highest BCUT2D eigenvalue weighted by Gasteiger charge is 2.47. The van der Waals surface area contributed by atoms with E-state index < -0.39 is 6.04 Å². The SMILES string of the molecule is CC(N)C(=C=O)N1C2CCCCC2C[C@@H]1C(=O)OI. The van der Waals surface area contributed by atoms with E-state index in [4.69, 9.17) is 8.80 Å². The van der Waals surface area contributed by atoms with E-state index in [1.54, 1.807) is 29.9 Å². The van der Waals surface area contributed by atoms with Gasteiger partial charge in [-0.2, -0.15) is 0 Å². The van der Waals surface area contributed by atoms with E-state index in [9.17, 15) is 9.59 Å². The zero-order valence-electron chi connectivity index (χ0n) is 11.0. The van der Waals surface area contributed by atoms with Crippen LogP contribution in [-0.4, -0.2) is 34.9 Å². The summed E-state index contributed by atoms with van der Waals surface area (Å²) < 4.78 is 4.85. The molecule has 0 aromatic rings. The van der Waals surface area contributed by atoms with Crippen LogP contribution in [0, 0.1) is 5.92 Å². The average molecular weight is 378 g/mol. The second kappa shape index (κ2) is 6.24. The molecule has 1 aliphatic carbocycles. The fourth-order valence-corrected chi connectivity index (χ4v) is 3.74. The summed E-state index contributed by atoms with van der Waals surface area (Å²) in [6, 6.07) is -0.563. The molecule has 1 saturated heterocycles. The molecule has 19 heavy (non-hydrogen) atoms. The third-order valence-electron chi connectivity index (χ3n) is 4.25. The van der Waals surface area contributed by atoms with E-state index in [2.05, 4.69) is 0 Å². The van der Waals surface area contributed by atoms with Crippen molar-refractivity contribution < 1.29 is 12.7 Å². The zero-order valence-corrected chi connectivity index (χ0v) is 13.1. The van der Waals surface area contributed by atoms with E-state index in [0.29, 0.717) is 11.6 Å². The molecule has 1 heterocycles. The molecule has 0 aromatic heterocycles. The third-order valence-corrected chi connectivity index (χ3v) is 4.68.